The zero-order valence-corrected chi connectivity index (χ0v) is 29.8. The van der Waals surface area contributed by atoms with Crippen LogP contribution in [0, 0.1) is 13.8 Å². The van der Waals surface area contributed by atoms with Crippen molar-refractivity contribution in [2.75, 3.05) is 10.8 Å². The first-order chi connectivity index (χ1) is 22.3. The van der Waals surface area contributed by atoms with Crippen LogP contribution in [0.2, 0.25) is 15.1 Å². The summed E-state index contributed by atoms with van der Waals surface area (Å²) in [6.45, 7) is 6.71. The molecule has 4 rings (SSSR count). The number of hydrogen-bond acceptors (Lipinski definition) is 4. The van der Waals surface area contributed by atoms with Crippen molar-refractivity contribution in [3.8, 4) is 0 Å². The maximum Gasteiger partial charge on any atom is 0.264 e. The van der Waals surface area contributed by atoms with Crippen molar-refractivity contribution in [2.24, 2.45) is 0 Å². The van der Waals surface area contributed by atoms with Crippen molar-refractivity contribution in [1.82, 2.24) is 10.2 Å². The van der Waals surface area contributed by atoms with Gasteiger partial charge in [0.1, 0.15) is 12.6 Å². The van der Waals surface area contributed by atoms with Crippen LogP contribution in [-0.4, -0.2) is 43.8 Å². The lowest BCUT2D eigenvalue weighted by molar-refractivity contribution is -0.140. The van der Waals surface area contributed by atoms with E-state index in [1.165, 1.54) is 17.0 Å². The summed E-state index contributed by atoms with van der Waals surface area (Å²) in [6.07, 6.45) is 0.859. The predicted molar refractivity (Wildman–Crippen MR) is 191 cm³/mol. The third-order valence-corrected chi connectivity index (χ3v) is 10.8. The fourth-order valence-corrected chi connectivity index (χ4v) is 7.16. The lowest BCUT2D eigenvalue weighted by Gasteiger charge is -2.35. The van der Waals surface area contributed by atoms with Crippen molar-refractivity contribution in [3.63, 3.8) is 0 Å². The van der Waals surface area contributed by atoms with Gasteiger partial charge >= 0.3 is 0 Å². The second kappa shape index (κ2) is 16.0. The molecular weight excluding hydrogens is 677 g/mol. The number of hydrogen-bond donors (Lipinski definition) is 1. The molecule has 0 unspecified atom stereocenters. The van der Waals surface area contributed by atoms with Crippen molar-refractivity contribution in [1.29, 1.82) is 0 Å². The van der Waals surface area contributed by atoms with E-state index in [9.17, 15) is 18.0 Å². The number of carbonyl (C=O) groups excluding carboxylic acids is 2. The van der Waals surface area contributed by atoms with E-state index in [2.05, 4.69) is 5.32 Å². The number of halogens is 3. The molecule has 248 valence electrons. The van der Waals surface area contributed by atoms with Crippen molar-refractivity contribution in [2.45, 2.75) is 64.1 Å². The van der Waals surface area contributed by atoms with Crippen LogP contribution in [0.15, 0.2) is 95.9 Å². The molecule has 0 fully saturated rings. The summed E-state index contributed by atoms with van der Waals surface area (Å²) in [5.74, 6) is -0.972. The molecule has 2 amide bonds. The molecule has 0 saturated carbocycles. The van der Waals surface area contributed by atoms with Gasteiger partial charge in [0.15, 0.2) is 0 Å². The molecular formula is C36H38Cl3N3O4S. The third-order valence-electron chi connectivity index (χ3n) is 8.02. The second-order valence-electron chi connectivity index (χ2n) is 11.5. The Morgan fingerprint density at radius 3 is 2.17 bits per heavy atom. The largest absolute Gasteiger partial charge is 0.352 e. The minimum Gasteiger partial charge on any atom is -0.352 e. The summed E-state index contributed by atoms with van der Waals surface area (Å²) < 4.78 is 29.6. The number of rotatable bonds is 13. The Labute approximate surface area is 292 Å². The van der Waals surface area contributed by atoms with Gasteiger partial charge in [0, 0.05) is 34.1 Å². The van der Waals surface area contributed by atoms with Gasteiger partial charge in [-0.15, -0.1) is 0 Å². The average Bonchev–Trinajstić information content (AvgIpc) is 3.04. The van der Waals surface area contributed by atoms with Gasteiger partial charge in [-0.25, -0.2) is 8.42 Å². The summed E-state index contributed by atoms with van der Waals surface area (Å²) >= 11 is 19.2. The van der Waals surface area contributed by atoms with Crippen LogP contribution in [0.3, 0.4) is 0 Å². The van der Waals surface area contributed by atoms with Gasteiger partial charge in [0.05, 0.1) is 10.6 Å². The maximum atomic E-state index is 14.7. The molecule has 0 heterocycles. The van der Waals surface area contributed by atoms with Crippen LogP contribution in [0.25, 0.3) is 0 Å². The summed E-state index contributed by atoms with van der Waals surface area (Å²) in [5.41, 5.74) is 2.99. The van der Waals surface area contributed by atoms with Crippen LogP contribution < -0.4 is 9.62 Å². The van der Waals surface area contributed by atoms with E-state index in [0.717, 1.165) is 15.4 Å². The highest BCUT2D eigenvalue weighted by Crippen LogP contribution is 2.32. The van der Waals surface area contributed by atoms with Crippen LogP contribution in [0.1, 0.15) is 42.5 Å². The molecule has 0 aliphatic heterocycles. The highest BCUT2D eigenvalue weighted by Gasteiger charge is 2.35. The fraction of sp³-hybridized carbons (Fsp3) is 0.278. The number of nitrogens with one attached hydrogen (secondary N) is 1. The third kappa shape index (κ3) is 9.08. The van der Waals surface area contributed by atoms with Gasteiger partial charge in [-0.3, -0.25) is 13.9 Å². The van der Waals surface area contributed by atoms with Gasteiger partial charge in [-0.1, -0.05) is 102 Å². The molecule has 1 N–H and O–H groups in total. The van der Waals surface area contributed by atoms with E-state index in [-0.39, 0.29) is 35.5 Å². The number of benzene rings is 4. The van der Waals surface area contributed by atoms with Crippen molar-refractivity contribution < 1.29 is 18.0 Å². The standard InChI is InChI=1S/C36H38Cl3N3O4S/c1-5-25(3)40-36(44)34(20-27-10-7-6-8-11-27)41(22-28-16-17-29(37)21-32(28)39)35(43)23-42(33-13-9-12-31(38)26(33)4)47(45,46)30-18-14-24(2)15-19-30/h6-19,21,25,34H,5,20,22-23H2,1-4H3,(H,40,44)/t25-,34-/m0/s1. The molecule has 7 nitrogen and oxygen atoms in total. The SMILES string of the molecule is CC[C@H](C)NC(=O)[C@H](Cc1ccccc1)N(Cc1ccc(Cl)cc1Cl)C(=O)CN(c1cccc(Cl)c1C)S(=O)(=O)c1ccc(C)cc1. The molecule has 0 aromatic heterocycles. The Bertz CT molecular complexity index is 1820. The molecule has 0 spiro atoms. The monoisotopic (exact) mass is 713 g/mol. The Morgan fingerprint density at radius 2 is 1.53 bits per heavy atom. The molecule has 0 saturated heterocycles. The van der Waals surface area contributed by atoms with Gasteiger partial charge < -0.3 is 10.2 Å². The number of aryl methyl sites for hydroxylation is 1. The lowest BCUT2D eigenvalue weighted by Crippen LogP contribution is -2.54. The molecule has 4 aromatic rings. The Morgan fingerprint density at radius 1 is 0.851 bits per heavy atom. The Balaban J connectivity index is 1.86. The number of sulfonamides is 1. The first-order valence-electron chi connectivity index (χ1n) is 15.2. The summed E-state index contributed by atoms with van der Waals surface area (Å²) in [5, 5.41) is 4.09. The average molecular weight is 715 g/mol. The molecule has 4 aromatic carbocycles. The molecule has 0 aliphatic rings. The molecule has 0 bridgehead atoms. The summed E-state index contributed by atoms with van der Waals surface area (Å²) in [7, 11) is -4.27. The number of carbonyl (C=O) groups is 2. The van der Waals surface area contributed by atoms with Gasteiger partial charge in [-0.05, 0) is 80.3 Å². The normalized spacial score (nSPS) is 12.7. The van der Waals surface area contributed by atoms with Crippen LogP contribution >= 0.6 is 34.8 Å². The zero-order valence-electron chi connectivity index (χ0n) is 26.7. The molecule has 47 heavy (non-hydrogen) atoms. The van der Waals surface area contributed by atoms with E-state index in [1.54, 1.807) is 55.5 Å². The molecule has 0 radical (unpaired) electrons. The van der Waals surface area contributed by atoms with Crippen LogP contribution in [0.5, 0.6) is 0 Å². The smallest absolute Gasteiger partial charge is 0.264 e. The van der Waals surface area contributed by atoms with Gasteiger partial charge in [-0.2, -0.15) is 0 Å². The van der Waals surface area contributed by atoms with Gasteiger partial charge in [0.25, 0.3) is 10.0 Å². The fourth-order valence-electron chi connectivity index (χ4n) is 5.05. The quantitative estimate of drug-likeness (QED) is 0.152. The van der Waals surface area contributed by atoms with Crippen LogP contribution in [0.4, 0.5) is 5.69 Å². The van der Waals surface area contributed by atoms with Crippen LogP contribution in [-0.2, 0) is 32.6 Å². The number of anilines is 1. The highest BCUT2D eigenvalue weighted by molar-refractivity contribution is 7.92. The van der Waals surface area contributed by atoms with E-state index < -0.39 is 28.5 Å². The van der Waals surface area contributed by atoms with E-state index in [1.807, 2.05) is 51.1 Å². The van der Waals surface area contributed by atoms with Crippen molar-refractivity contribution >= 4 is 62.3 Å². The zero-order chi connectivity index (χ0) is 34.3. The number of nitrogens with zero attached hydrogens (tertiary/aromatic N) is 2. The lowest BCUT2D eigenvalue weighted by atomic mass is 10.0. The molecule has 0 aliphatic carbocycles. The van der Waals surface area contributed by atoms with E-state index in [0.29, 0.717) is 32.6 Å². The first-order valence-corrected chi connectivity index (χ1v) is 17.8. The minimum absolute atomic E-state index is 0.0120. The van der Waals surface area contributed by atoms with Gasteiger partial charge in [0.2, 0.25) is 11.8 Å². The topological polar surface area (TPSA) is 86.8 Å². The first kappa shape index (κ1) is 36.3. The predicted octanol–water partition coefficient (Wildman–Crippen LogP) is 8.01. The maximum absolute atomic E-state index is 14.7. The summed E-state index contributed by atoms with van der Waals surface area (Å²) in [6, 6.07) is 24.4. The molecule has 2 atom stereocenters. The summed E-state index contributed by atoms with van der Waals surface area (Å²) in [4.78, 5) is 30.1. The van der Waals surface area contributed by atoms with E-state index >= 15 is 0 Å². The minimum atomic E-state index is -4.27. The second-order valence-corrected chi connectivity index (χ2v) is 14.6. The Hall–Kier alpha value is -3.56. The molecule has 11 heteroatoms. The Kier molecular flexibility index (Phi) is 12.4. The van der Waals surface area contributed by atoms with Crippen molar-refractivity contribution in [3.05, 3.63) is 128 Å². The highest BCUT2D eigenvalue weighted by atomic mass is 35.5. The van der Waals surface area contributed by atoms with E-state index in [4.69, 9.17) is 34.8 Å². The number of amides is 2.